The highest BCUT2D eigenvalue weighted by Gasteiger charge is 1.97. The minimum atomic E-state index is 0.878. The Labute approximate surface area is 87.2 Å². The first-order valence-electron chi connectivity index (χ1n) is 3.18. The van der Waals surface area contributed by atoms with Crippen molar-refractivity contribution in [3.63, 3.8) is 0 Å². The van der Waals surface area contributed by atoms with Gasteiger partial charge in [-0.3, -0.25) is 0 Å². The molecule has 0 N–H and O–H groups in total. The predicted octanol–water partition coefficient (Wildman–Crippen LogP) is 3.72. The molecule has 0 saturated carbocycles. The summed E-state index contributed by atoms with van der Waals surface area (Å²) in [6.07, 6.45) is 0. The molecule has 0 saturated heterocycles. The lowest BCUT2D eigenvalue weighted by Gasteiger charge is -1.98. The average molecular weight is 297 g/mol. The molecule has 4 heteroatoms. The maximum atomic E-state index is 4.14. The van der Waals surface area contributed by atoms with E-state index < -0.39 is 0 Å². The van der Waals surface area contributed by atoms with Crippen molar-refractivity contribution in [2.75, 3.05) is 5.75 Å². The molecule has 0 spiro atoms. The van der Waals surface area contributed by atoms with Crippen LogP contribution in [0.5, 0.6) is 0 Å². The lowest BCUT2D eigenvalue weighted by molar-refractivity contribution is 1.18. The molecule has 0 aliphatic rings. The first-order chi connectivity index (χ1) is 5.22. The summed E-state index contributed by atoms with van der Waals surface area (Å²) in [5, 5.41) is 0. The SMILES string of the molecule is CCSc1cc(Br)nc(Br)c1. The maximum absolute atomic E-state index is 4.14. The quantitative estimate of drug-likeness (QED) is 0.609. The van der Waals surface area contributed by atoms with Crippen molar-refractivity contribution >= 4 is 43.6 Å². The van der Waals surface area contributed by atoms with Crippen LogP contribution < -0.4 is 0 Å². The molecule has 0 bridgehead atoms. The summed E-state index contributed by atoms with van der Waals surface area (Å²) in [5.74, 6) is 1.09. The van der Waals surface area contributed by atoms with Gasteiger partial charge in [0.25, 0.3) is 0 Å². The van der Waals surface area contributed by atoms with E-state index in [1.165, 1.54) is 4.90 Å². The number of aromatic nitrogens is 1. The van der Waals surface area contributed by atoms with Gasteiger partial charge in [0.1, 0.15) is 9.21 Å². The van der Waals surface area contributed by atoms with Crippen LogP contribution in [-0.2, 0) is 0 Å². The van der Waals surface area contributed by atoms with E-state index in [4.69, 9.17) is 0 Å². The minimum absolute atomic E-state index is 0.878. The summed E-state index contributed by atoms with van der Waals surface area (Å²) in [6.45, 7) is 2.13. The monoisotopic (exact) mass is 295 g/mol. The Morgan fingerprint density at radius 2 is 1.91 bits per heavy atom. The smallest absolute Gasteiger partial charge is 0.108 e. The zero-order valence-corrected chi connectivity index (χ0v) is 9.96. The summed E-state index contributed by atoms with van der Waals surface area (Å²) < 4.78 is 1.76. The number of rotatable bonds is 2. The molecule has 0 atom stereocenters. The Morgan fingerprint density at radius 3 is 2.36 bits per heavy atom. The van der Waals surface area contributed by atoms with Crippen molar-refractivity contribution in [2.24, 2.45) is 0 Å². The maximum Gasteiger partial charge on any atom is 0.108 e. The lowest BCUT2D eigenvalue weighted by atomic mass is 10.5. The molecule has 0 unspecified atom stereocenters. The topological polar surface area (TPSA) is 12.9 Å². The summed E-state index contributed by atoms with van der Waals surface area (Å²) in [7, 11) is 0. The van der Waals surface area contributed by atoms with Gasteiger partial charge in [-0.2, -0.15) is 0 Å². The highest BCUT2D eigenvalue weighted by molar-refractivity contribution is 9.11. The predicted molar refractivity (Wildman–Crippen MR) is 56.0 cm³/mol. The summed E-state index contributed by atoms with van der Waals surface area (Å²) in [5.41, 5.74) is 0. The van der Waals surface area contributed by atoms with Crippen LogP contribution in [0.4, 0.5) is 0 Å². The van der Waals surface area contributed by atoms with Gasteiger partial charge in [0.05, 0.1) is 0 Å². The number of hydrogen-bond acceptors (Lipinski definition) is 2. The molecule has 1 aromatic heterocycles. The van der Waals surface area contributed by atoms with E-state index in [9.17, 15) is 0 Å². The van der Waals surface area contributed by atoms with Crippen LogP contribution >= 0.6 is 43.6 Å². The Morgan fingerprint density at radius 1 is 1.36 bits per heavy atom. The van der Waals surface area contributed by atoms with Gasteiger partial charge >= 0.3 is 0 Å². The number of halogens is 2. The number of hydrogen-bond donors (Lipinski definition) is 0. The van der Waals surface area contributed by atoms with Crippen molar-refractivity contribution in [3.05, 3.63) is 21.3 Å². The van der Waals surface area contributed by atoms with E-state index in [0.29, 0.717) is 0 Å². The molecule has 60 valence electrons. The van der Waals surface area contributed by atoms with Gasteiger partial charge in [-0.25, -0.2) is 4.98 Å². The van der Waals surface area contributed by atoms with Crippen LogP contribution in [0.15, 0.2) is 26.2 Å². The Hall–Kier alpha value is 0.460. The molecule has 1 nitrogen and oxygen atoms in total. The molecule has 1 heterocycles. The van der Waals surface area contributed by atoms with Crippen LogP contribution in [0.2, 0.25) is 0 Å². The number of pyridine rings is 1. The Kier molecular flexibility index (Phi) is 3.89. The van der Waals surface area contributed by atoms with Gasteiger partial charge in [-0.05, 0) is 49.7 Å². The van der Waals surface area contributed by atoms with E-state index in [1.807, 2.05) is 12.1 Å². The molecule has 0 fully saturated rings. The minimum Gasteiger partial charge on any atom is -0.234 e. The third-order valence-corrected chi connectivity index (χ3v) is 2.72. The first-order valence-corrected chi connectivity index (χ1v) is 5.75. The van der Waals surface area contributed by atoms with Crippen LogP contribution in [0.25, 0.3) is 0 Å². The second kappa shape index (κ2) is 4.48. The molecule has 0 aliphatic heterocycles. The normalized spacial score (nSPS) is 10.1. The number of nitrogens with zero attached hydrogens (tertiary/aromatic N) is 1. The van der Waals surface area contributed by atoms with E-state index in [0.717, 1.165) is 15.0 Å². The van der Waals surface area contributed by atoms with E-state index in [2.05, 4.69) is 43.8 Å². The van der Waals surface area contributed by atoms with E-state index in [1.54, 1.807) is 11.8 Å². The average Bonchev–Trinajstić information content (AvgIpc) is 1.85. The molecule has 11 heavy (non-hydrogen) atoms. The fraction of sp³-hybridized carbons (Fsp3) is 0.286. The van der Waals surface area contributed by atoms with Crippen molar-refractivity contribution in [3.8, 4) is 0 Å². The molecule has 0 radical (unpaired) electrons. The lowest BCUT2D eigenvalue weighted by Crippen LogP contribution is -1.79. The molecule has 1 rings (SSSR count). The molecular formula is C7H7Br2NS. The van der Waals surface area contributed by atoms with Crippen LogP contribution in [0, 0.1) is 0 Å². The van der Waals surface area contributed by atoms with Crippen LogP contribution in [-0.4, -0.2) is 10.7 Å². The fourth-order valence-electron chi connectivity index (χ4n) is 0.693. The number of thioether (sulfide) groups is 1. The van der Waals surface area contributed by atoms with E-state index in [-0.39, 0.29) is 0 Å². The zero-order chi connectivity index (χ0) is 8.27. The van der Waals surface area contributed by atoms with Crippen molar-refractivity contribution in [1.82, 2.24) is 4.98 Å². The van der Waals surface area contributed by atoms with Crippen LogP contribution in [0.1, 0.15) is 6.92 Å². The fourth-order valence-corrected chi connectivity index (χ4v) is 2.83. The third kappa shape index (κ3) is 3.13. The van der Waals surface area contributed by atoms with Gasteiger partial charge < -0.3 is 0 Å². The standard InChI is InChI=1S/C7H7Br2NS/c1-2-11-5-3-6(8)10-7(9)4-5/h3-4H,2H2,1H3. The van der Waals surface area contributed by atoms with Crippen molar-refractivity contribution in [2.45, 2.75) is 11.8 Å². The summed E-state index contributed by atoms with van der Waals surface area (Å²) in [4.78, 5) is 5.37. The molecule has 1 aromatic rings. The van der Waals surface area contributed by atoms with Gasteiger partial charge in [0.15, 0.2) is 0 Å². The highest BCUT2D eigenvalue weighted by Crippen LogP contribution is 2.23. The Balaban J connectivity index is 2.89. The molecule has 0 amide bonds. The van der Waals surface area contributed by atoms with E-state index >= 15 is 0 Å². The Bertz CT molecular complexity index is 232. The summed E-state index contributed by atoms with van der Waals surface area (Å²) >= 11 is 8.46. The van der Waals surface area contributed by atoms with Crippen molar-refractivity contribution < 1.29 is 0 Å². The van der Waals surface area contributed by atoms with Gasteiger partial charge in [-0.1, -0.05) is 6.92 Å². The second-order valence-electron chi connectivity index (χ2n) is 1.88. The van der Waals surface area contributed by atoms with Gasteiger partial charge in [0.2, 0.25) is 0 Å². The first kappa shape index (κ1) is 9.55. The summed E-state index contributed by atoms with van der Waals surface area (Å²) in [6, 6.07) is 4.03. The van der Waals surface area contributed by atoms with Crippen molar-refractivity contribution in [1.29, 1.82) is 0 Å². The second-order valence-corrected chi connectivity index (χ2v) is 4.84. The third-order valence-electron chi connectivity index (χ3n) is 1.05. The highest BCUT2D eigenvalue weighted by atomic mass is 79.9. The van der Waals surface area contributed by atoms with Gasteiger partial charge in [-0.15, -0.1) is 11.8 Å². The van der Waals surface area contributed by atoms with Gasteiger partial charge in [0, 0.05) is 4.90 Å². The van der Waals surface area contributed by atoms with Crippen LogP contribution in [0.3, 0.4) is 0 Å². The largest absolute Gasteiger partial charge is 0.234 e. The molecule has 0 aromatic carbocycles. The molecule has 0 aliphatic carbocycles. The molecular weight excluding hydrogens is 290 g/mol. The zero-order valence-electron chi connectivity index (χ0n) is 5.97.